The number of hydrogen-bond acceptors (Lipinski definition) is 3. The van der Waals surface area contributed by atoms with Gasteiger partial charge in [0.15, 0.2) is 0 Å². The Morgan fingerprint density at radius 3 is 2.85 bits per heavy atom. The second-order valence-electron chi connectivity index (χ2n) is 5.33. The average Bonchev–Trinajstić information content (AvgIpc) is 2.46. The first-order valence-electron chi connectivity index (χ1n) is 6.98. The van der Waals surface area contributed by atoms with Gasteiger partial charge in [-0.05, 0) is 31.0 Å². The van der Waals surface area contributed by atoms with Crippen molar-refractivity contribution in [1.82, 2.24) is 4.31 Å². The van der Waals surface area contributed by atoms with Gasteiger partial charge < -0.3 is 4.74 Å². The van der Waals surface area contributed by atoms with Crippen LogP contribution in [0.25, 0.3) is 0 Å². The van der Waals surface area contributed by atoms with Crippen LogP contribution >= 0.6 is 15.9 Å². The second kappa shape index (κ2) is 5.75. The van der Waals surface area contributed by atoms with Crippen LogP contribution in [0.15, 0.2) is 33.6 Å². The molecule has 0 bridgehead atoms. The Labute approximate surface area is 128 Å². The van der Waals surface area contributed by atoms with E-state index in [0.29, 0.717) is 18.0 Å². The molecule has 1 aliphatic carbocycles. The predicted octanol–water partition coefficient (Wildman–Crippen LogP) is 2.78. The zero-order valence-electron chi connectivity index (χ0n) is 11.2. The van der Waals surface area contributed by atoms with Crippen molar-refractivity contribution in [2.24, 2.45) is 0 Å². The molecule has 0 aromatic heterocycles. The lowest BCUT2D eigenvalue weighted by molar-refractivity contribution is -0.0586. The summed E-state index contributed by atoms with van der Waals surface area (Å²) in [7, 11) is -3.43. The number of ether oxygens (including phenoxy) is 1. The van der Waals surface area contributed by atoms with Crippen molar-refractivity contribution >= 4 is 26.0 Å². The average molecular weight is 360 g/mol. The van der Waals surface area contributed by atoms with Gasteiger partial charge in [-0.3, -0.25) is 0 Å². The van der Waals surface area contributed by atoms with E-state index in [-0.39, 0.29) is 12.1 Å². The lowest BCUT2D eigenvalue weighted by atomic mass is 9.91. The van der Waals surface area contributed by atoms with E-state index in [9.17, 15) is 8.42 Å². The first kappa shape index (κ1) is 14.5. The van der Waals surface area contributed by atoms with Crippen LogP contribution in [0.2, 0.25) is 0 Å². The lowest BCUT2D eigenvalue weighted by Gasteiger charge is -2.42. The van der Waals surface area contributed by atoms with Crippen LogP contribution in [0.5, 0.6) is 0 Å². The largest absolute Gasteiger partial charge is 0.375 e. The maximum atomic E-state index is 12.8. The van der Waals surface area contributed by atoms with Crippen LogP contribution in [0.4, 0.5) is 0 Å². The zero-order valence-corrected chi connectivity index (χ0v) is 13.6. The van der Waals surface area contributed by atoms with Crippen LogP contribution in [-0.2, 0) is 14.8 Å². The molecular formula is C14H18BrNO3S. The molecule has 0 amide bonds. The van der Waals surface area contributed by atoms with Gasteiger partial charge in [0.1, 0.15) is 0 Å². The molecule has 1 heterocycles. The number of nitrogens with zero attached hydrogens (tertiary/aromatic N) is 1. The molecular weight excluding hydrogens is 342 g/mol. The van der Waals surface area contributed by atoms with Crippen molar-refractivity contribution in [3.8, 4) is 0 Å². The summed E-state index contributed by atoms with van der Waals surface area (Å²) in [6, 6.07) is 6.93. The van der Waals surface area contributed by atoms with Gasteiger partial charge in [-0.25, -0.2) is 8.42 Å². The van der Waals surface area contributed by atoms with Crippen LogP contribution in [0.3, 0.4) is 0 Å². The molecule has 2 aliphatic rings. The number of hydrogen-bond donors (Lipinski definition) is 0. The van der Waals surface area contributed by atoms with Crippen molar-refractivity contribution in [3.63, 3.8) is 0 Å². The summed E-state index contributed by atoms with van der Waals surface area (Å²) in [6.07, 6.45) is 4.15. The summed E-state index contributed by atoms with van der Waals surface area (Å²) >= 11 is 3.34. The standard InChI is InChI=1S/C14H18BrNO3S/c15-11-4-3-5-12(10-11)20(17,18)16-8-9-19-14-7-2-1-6-13(14)16/h3-5,10,13-14H,1-2,6-9H2. The van der Waals surface area contributed by atoms with Crippen molar-refractivity contribution in [3.05, 3.63) is 28.7 Å². The fourth-order valence-corrected chi connectivity index (χ4v) is 5.38. The number of morpholine rings is 1. The predicted molar refractivity (Wildman–Crippen MR) is 80.0 cm³/mol. The van der Waals surface area contributed by atoms with Gasteiger partial charge in [0.2, 0.25) is 10.0 Å². The number of benzene rings is 1. The molecule has 20 heavy (non-hydrogen) atoms. The maximum absolute atomic E-state index is 12.8. The molecule has 0 N–H and O–H groups in total. The Bertz CT molecular complexity index is 588. The van der Waals surface area contributed by atoms with E-state index < -0.39 is 10.0 Å². The molecule has 4 nitrogen and oxygen atoms in total. The Kier molecular flexibility index (Phi) is 4.17. The third-order valence-electron chi connectivity index (χ3n) is 4.08. The van der Waals surface area contributed by atoms with Gasteiger partial charge in [0.25, 0.3) is 0 Å². The Hall–Kier alpha value is -0.430. The minimum absolute atomic E-state index is 0.00137. The van der Waals surface area contributed by atoms with E-state index in [0.717, 1.165) is 30.2 Å². The summed E-state index contributed by atoms with van der Waals surface area (Å²) in [6.45, 7) is 0.949. The summed E-state index contributed by atoms with van der Waals surface area (Å²) in [4.78, 5) is 0.359. The molecule has 1 aromatic carbocycles. The normalized spacial score (nSPS) is 28.1. The molecule has 0 radical (unpaired) electrons. The van der Waals surface area contributed by atoms with Crippen molar-refractivity contribution in [1.29, 1.82) is 0 Å². The fourth-order valence-electron chi connectivity index (χ4n) is 3.12. The first-order chi connectivity index (χ1) is 9.59. The van der Waals surface area contributed by atoms with Gasteiger partial charge in [0, 0.05) is 11.0 Å². The monoisotopic (exact) mass is 359 g/mol. The summed E-state index contributed by atoms with van der Waals surface area (Å²) < 4.78 is 33.9. The minimum atomic E-state index is -3.43. The molecule has 2 atom stereocenters. The summed E-state index contributed by atoms with van der Waals surface area (Å²) in [5.74, 6) is 0. The van der Waals surface area contributed by atoms with Gasteiger partial charge in [-0.15, -0.1) is 0 Å². The third kappa shape index (κ3) is 2.66. The van der Waals surface area contributed by atoms with Crippen LogP contribution in [0.1, 0.15) is 25.7 Å². The molecule has 110 valence electrons. The van der Waals surface area contributed by atoms with Gasteiger partial charge in [-0.1, -0.05) is 34.8 Å². The van der Waals surface area contributed by atoms with E-state index in [2.05, 4.69) is 15.9 Å². The molecule has 2 unspecified atom stereocenters. The first-order valence-corrected chi connectivity index (χ1v) is 9.21. The summed E-state index contributed by atoms with van der Waals surface area (Å²) in [5, 5.41) is 0. The van der Waals surface area contributed by atoms with E-state index >= 15 is 0 Å². The SMILES string of the molecule is O=S(=O)(c1cccc(Br)c1)N1CCOC2CCCCC21. The van der Waals surface area contributed by atoms with Crippen LogP contribution in [-0.4, -0.2) is 38.0 Å². The maximum Gasteiger partial charge on any atom is 0.243 e. The highest BCUT2D eigenvalue weighted by atomic mass is 79.9. The minimum Gasteiger partial charge on any atom is -0.375 e. The highest BCUT2D eigenvalue weighted by molar-refractivity contribution is 9.10. The quantitative estimate of drug-likeness (QED) is 0.815. The van der Waals surface area contributed by atoms with Gasteiger partial charge in [0.05, 0.1) is 23.6 Å². The zero-order chi connectivity index (χ0) is 14.2. The van der Waals surface area contributed by atoms with Gasteiger partial charge >= 0.3 is 0 Å². The highest BCUT2D eigenvalue weighted by Crippen LogP contribution is 2.32. The topological polar surface area (TPSA) is 46.6 Å². The number of fused-ring (bicyclic) bond motifs is 1. The smallest absolute Gasteiger partial charge is 0.243 e. The Balaban J connectivity index is 1.93. The molecule has 6 heteroatoms. The van der Waals surface area contributed by atoms with Crippen molar-refractivity contribution < 1.29 is 13.2 Å². The molecule has 0 spiro atoms. The molecule has 3 rings (SSSR count). The molecule has 1 aromatic rings. The van der Waals surface area contributed by atoms with E-state index in [4.69, 9.17) is 4.74 Å². The number of rotatable bonds is 2. The van der Waals surface area contributed by atoms with E-state index in [1.807, 2.05) is 6.07 Å². The lowest BCUT2D eigenvalue weighted by Crippen LogP contribution is -2.54. The highest BCUT2D eigenvalue weighted by Gasteiger charge is 2.40. The fraction of sp³-hybridized carbons (Fsp3) is 0.571. The second-order valence-corrected chi connectivity index (χ2v) is 8.14. The number of halogens is 1. The molecule has 1 aliphatic heterocycles. The third-order valence-corrected chi connectivity index (χ3v) is 6.50. The van der Waals surface area contributed by atoms with E-state index in [1.165, 1.54) is 0 Å². The van der Waals surface area contributed by atoms with E-state index in [1.54, 1.807) is 22.5 Å². The van der Waals surface area contributed by atoms with Gasteiger partial charge in [-0.2, -0.15) is 4.31 Å². The van der Waals surface area contributed by atoms with Crippen molar-refractivity contribution in [2.75, 3.05) is 13.2 Å². The Morgan fingerprint density at radius 2 is 2.05 bits per heavy atom. The van der Waals surface area contributed by atoms with Crippen LogP contribution < -0.4 is 0 Å². The molecule has 1 saturated carbocycles. The molecule has 1 saturated heterocycles. The van der Waals surface area contributed by atoms with Crippen LogP contribution in [0, 0.1) is 0 Å². The Morgan fingerprint density at radius 1 is 1.25 bits per heavy atom. The molecule has 2 fully saturated rings. The number of sulfonamides is 1. The van der Waals surface area contributed by atoms with Crippen molar-refractivity contribution in [2.45, 2.75) is 42.7 Å². The summed E-state index contributed by atoms with van der Waals surface area (Å²) in [5.41, 5.74) is 0.